The molecule has 3 atom stereocenters. The zero-order valence-electron chi connectivity index (χ0n) is 35.4. The number of carboxylic acids is 2. The highest BCUT2D eigenvalue weighted by Gasteiger charge is 2.30. The van der Waals surface area contributed by atoms with Crippen LogP contribution in [-0.4, -0.2) is 129 Å². The van der Waals surface area contributed by atoms with Crippen LogP contribution in [-0.2, 0) is 49.4 Å². The van der Waals surface area contributed by atoms with Gasteiger partial charge in [-0.25, -0.2) is 14.4 Å². The van der Waals surface area contributed by atoms with E-state index in [2.05, 4.69) is 37.8 Å². The van der Waals surface area contributed by atoms with E-state index in [-0.39, 0.29) is 74.3 Å². The van der Waals surface area contributed by atoms with E-state index in [1.807, 2.05) is 42.5 Å². The van der Waals surface area contributed by atoms with Crippen molar-refractivity contribution < 1.29 is 58.0 Å². The van der Waals surface area contributed by atoms with Crippen molar-refractivity contribution in [2.45, 2.75) is 89.3 Å². The lowest BCUT2D eigenvalue weighted by Gasteiger charge is -2.29. The molecule has 0 aliphatic heterocycles. The number of carboxylic acid groups (broad SMARTS) is 2. The molecule has 18 heteroatoms. The molecule has 0 heterocycles. The number of hydrogen-bond donors (Lipinski definition) is 8. The molecule has 0 radical (unpaired) electrons. The molecular formula is C44H62N6O12. The number of urea groups is 1. The number of unbranched alkanes of at least 4 members (excludes halogenated alkanes) is 1. The number of ether oxygens (including phenoxy) is 3. The normalized spacial score (nSPS) is 16.1. The maximum absolute atomic E-state index is 13.6. The predicted molar refractivity (Wildman–Crippen MR) is 229 cm³/mol. The summed E-state index contributed by atoms with van der Waals surface area (Å²) in [6.45, 7) is 4.77. The Bertz CT molecular complexity index is 1810. The standard InChI is InChI=1S/C44H62N6O12/c1-3-8-36(42(55)56)49-44(59)50-37(43(57)58)11-6-7-19-46-41(54)38(28-32-14-15-33-9-4-5-10-35(33)27-32)48-40(53)34-16-12-31(13-17-34)29-47-39(52)18-21-60-23-25-62-26-24-61-22-20-45-30(2)51/h1,4-5,9-10,14-15,27,31,34,36-38H,6-8,11-13,16-26,28-29H2,2H3,(H,45,51)(H,46,54)(H,47,52)(H,48,53)(H,55,56)(H,57,58)(H2,49,50,59)/t31?,34?,36-,37-,38-/m0/s1. The van der Waals surface area contributed by atoms with Crippen LogP contribution in [0.5, 0.6) is 0 Å². The number of fused-ring (bicyclic) bond motifs is 1. The van der Waals surface area contributed by atoms with Gasteiger partial charge in [-0.2, -0.15) is 0 Å². The second-order valence-electron chi connectivity index (χ2n) is 15.1. The molecule has 0 aromatic heterocycles. The maximum atomic E-state index is 13.6. The van der Waals surface area contributed by atoms with E-state index in [4.69, 9.17) is 20.6 Å². The summed E-state index contributed by atoms with van der Waals surface area (Å²) in [4.78, 5) is 85.7. The first-order valence-corrected chi connectivity index (χ1v) is 21.1. The van der Waals surface area contributed by atoms with E-state index in [1.54, 1.807) is 0 Å². The van der Waals surface area contributed by atoms with Crippen LogP contribution < -0.4 is 31.9 Å². The number of amides is 6. The average Bonchev–Trinajstić information content (AvgIpc) is 3.24. The van der Waals surface area contributed by atoms with Crippen molar-refractivity contribution in [2.75, 3.05) is 59.3 Å². The van der Waals surface area contributed by atoms with Crippen LogP contribution in [0.3, 0.4) is 0 Å². The number of carbonyl (C=O) groups excluding carboxylic acids is 5. The number of terminal acetylenes is 1. The summed E-state index contributed by atoms with van der Waals surface area (Å²) in [5.41, 5.74) is 0.862. The quantitative estimate of drug-likeness (QED) is 0.0431. The minimum Gasteiger partial charge on any atom is -0.480 e. The van der Waals surface area contributed by atoms with Gasteiger partial charge in [0, 0.05) is 51.7 Å². The second kappa shape index (κ2) is 28.7. The Morgan fingerprint density at radius 2 is 1.37 bits per heavy atom. The summed E-state index contributed by atoms with van der Waals surface area (Å²) in [5, 5.41) is 36.7. The van der Waals surface area contributed by atoms with Gasteiger partial charge in [0.15, 0.2) is 0 Å². The Balaban J connectivity index is 1.41. The minimum absolute atomic E-state index is 0.0158. The van der Waals surface area contributed by atoms with Gasteiger partial charge in [0.25, 0.3) is 0 Å². The van der Waals surface area contributed by atoms with Crippen LogP contribution in [0.25, 0.3) is 10.8 Å². The van der Waals surface area contributed by atoms with Crippen molar-refractivity contribution in [3.63, 3.8) is 0 Å². The summed E-state index contributed by atoms with van der Waals surface area (Å²) in [6, 6.07) is 9.18. The summed E-state index contributed by atoms with van der Waals surface area (Å²) in [5.74, 6) is -1.41. The number of carbonyl (C=O) groups is 7. The van der Waals surface area contributed by atoms with Crippen molar-refractivity contribution in [1.82, 2.24) is 31.9 Å². The molecule has 18 nitrogen and oxygen atoms in total. The van der Waals surface area contributed by atoms with Crippen molar-refractivity contribution in [1.29, 1.82) is 0 Å². The van der Waals surface area contributed by atoms with Gasteiger partial charge in [0.2, 0.25) is 23.6 Å². The highest BCUT2D eigenvalue weighted by atomic mass is 16.5. The van der Waals surface area contributed by atoms with E-state index in [9.17, 15) is 43.8 Å². The van der Waals surface area contributed by atoms with Gasteiger partial charge >= 0.3 is 18.0 Å². The Hall–Kier alpha value is -5.77. The largest absolute Gasteiger partial charge is 0.480 e. The van der Waals surface area contributed by atoms with Crippen LogP contribution in [0.2, 0.25) is 0 Å². The fourth-order valence-electron chi connectivity index (χ4n) is 6.82. The molecule has 6 amide bonds. The molecule has 0 saturated heterocycles. The highest BCUT2D eigenvalue weighted by molar-refractivity contribution is 5.89. The Labute approximate surface area is 362 Å². The first-order chi connectivity index (χ1) is 29.9. The lowest BCUT2D eigenvalue weighted by molar-refractivity contribution is -0.139. The number of hydrogen-bond acceptors (Lipinski definition) is 10. The Kier molecular flexibility index (Phi) is 23.4. The molecule has 340 valence electrons. The molecule has 2 aromatic rings. The zero-order chi connectivity index (χ0) is 45.1. The van der Waals surface area contributed by atoms with Crippen LogP contribution >= 0.6 is 0 Å². The lowest BCUT2D eigenvalue weighted by Crippen LogP contribution is -2.51. The summed E-state index contributed by atoms with van der Waals surface area (Å²) in [7, 11) is 0. The van der Waals surface area contributed by atoms with E-state index < -0.39 is 36.1 Å². The summed E-state index contributed by atoms with van der Waals surface area (Å²) < 4.78 is 16.3. The summed E-state index contributed by atoms with van der Waals surface area (Å²) >= 11 is 0. The second-order valence-corrected chi connectivity index (χ2v) is 15.1. The monoisotopic (exact) mass is 866 g/mol. The van der Waals surface area contributed by atoms with Gasteiger partial charge in [-0.15, -0.1) is 12.3 Å². The molecule has 0 bridgehead atoms. The number of rotatable bonds is 29. The number of aliphatic carboxylic acids is 2. The topological polar surface area (TPSA) is 260 Å². The average molecular weight is 867 g/mol. The Morgan fingerprint density at radius 1 is 0.726 bits per heavy atom. The molecule has 0 spiro atoms. The molecule has 1 fully saturated rings. The number of benzene rings is 2. The molecule has 62 heavy (non-hydrogen) atoms. The van der Waals surface area contributed by atoms with E-state index >= 15 is 0 Å². The highest BCUT2D eigenvalue weighted by Crippen LogP contribution is 2.29. The maximum Gasteiger partial charge on any atom is 0.327 e. The molecule has 1 saturated carbocycles. The van der Waals surface area contributed by atoms with Crippen molar-refractivity contribution >= 4 is 52.4 Å². The van der Waals surface area contributed by atoms with Crippen molar-refractivity contribution in [3.8, 4) is 12.3 Å². The molecule has 0 unspecified atom stereocenters. The first-order valence-electron chi connectivity index (χ1n) is 21.1. The fraction of sp³-hybridized carbons (Fsp3) is 0.568. The van der Waals surface area contributed by atoms with Crippen LogP contribution in [0.4, 0.5) is 4.79 Å². The van der Waals surface area contributed by atoms with Gasteiger partial charge in [-0.3, -0.25) is 19.2 Å². The molecule has 3 rings (SSSR count). The smallest absolute Gasteiger partial charge is 0.327 e. The summed E-state index contributed by atoms with van der Waals surface area (Å²) in [6.07, 6.45) is 8.72. The molecule has 1 aliphatic rings. The SMILES string of the molecule is C#CC[C@H](NC(=O)N[C@@H](CCCCNC(=O)[C@H](Cc1ccc2ccccc2c1)NC(=O)C1CCC(CNC(=O)CCOCCOCCOCCNC(C)=O)CC1)C(=O)O)C(=O)O. The van der Waals surface area contributed by atoms with E-state index in [0.717, 1.165) is 29.2 Å². The van der Waals surface area contributed by atoms with Gasteiger partial charge in [0.1, 0.15) is 18.1 Å². The van der Waals surface area contributed by atoms with Gasteiger partial charge < -0.3 is 56.3 Å². The van der Waals surface area contributed by atoms with Crippen LogP contribution in [0, 0.1) is 24.2 Å². The van der Waals surface area contributed by atoms with Gasteiger partial charge in [-0.05, 0) is 67.2 Å². The van der Waals surface area contributed by atoms with Crippen molar-refractivity contribution in [3.05, 3.63) is 48.0 Å². The zero-order valence-corrected chi connectivity index (χ0v) is 35.4. The lowest BCUT2D eigenvalue weighted by atomic mass is 9.81. The number of nitrogens with one attached hydrogen (secondary N) is 6. The third-order valence-electron chi connectivity index (χ3n) is 10.3. The van der Waals surface area contributed by atoms with E-state index in [1.165, 1.54) is 6.92 Å². The van der Waals surface area contributed by atoms with Gasteiger partial charge in [-0.1, -0.05) is 42.5 Å². The predicted octanol–water partition coefficient (Wildman–Crippen LogP) is 1.88. The molecule has 1 aliphatic carbocycles. The third kappa shape index (κ3) is 20.2. The fourth-order valence-corrected chi connectivity index (χ4v) is 6.82. The van der Waals surface area contributed by atoms with Crippen LogP contribution in [0.15, 0.2) is 42.5 Å². The third-order valence-corrected chi connectivity index (χ3v) is 10.3. The first kappa shape index (κ1) is 50.6. The molecular weight excluding hydrogens is 805 g/mol. The van der Waals surface area contributed by atoms with E-state index in [0.29, 0.717) is 71.8 Å². The van der Waals surface area contributed by atoms with Gasteiger partial charge in [0.05, 0.1) is 39.6 Å². The molecule has 8 N–H and O–H groups in total. The minimum atomic E-state index is -1.37. The Morgan fingerprint density at radius 3 is 2.03 bits per heavy atom. The molecule has 2 aromatic carbocycles. The van der Waals surface area contributed by atoms with Crippen LogP contribution in [0.1, 0.15) is 70.3 Å². The van der Waals surface area contributed by atoms with Crippen molar-refractivity contribution in [2.24, 2.45) is 11.8 Å².